The van der Waals surface area contributed by atoms with Gasteiger partial charge in [-0.1, -0.05) is 15.9 Å². The van der Waals surface area contributed by atoms with Crippen molar-refractivity contribution in [3.8, 4) is 0 Å². The third kappa shape index (κ3) is 3.78. The van der Waals surface area contributed by atoms with Crippen LogP contribution in [0.5, 0.6) is 0 Å². The summed E-state index contributed by atoms with van der Waals surface area (Å²) in [5.74, 6) is -1.46. The number of halogens is 3. The molecule has 6 nitrogen and oxygen atoms in total. The summed E-state index contributed by atoms with van der Waals surface area (Å²) in [6, 6.07) is 8.31. The first-order valence-electron chi connectivity index (χ1n) is 8.82. The number of carbonyl (C=O) groups excluding carboxylic acids is 1. The number of hydrogen-bond acceptors (Lipinski definition) is 4. The minimum absolute atomic E-state index is 0.0352. The highest BCUT2D eigenvalue weighted by molar-refractivity contribution is 9.10. The maximum Gasteiger partial charge on any atom is 0.341 e. The van der Waals surface area contributed by atoms with Gasteiger partial charge in [-0.05, 0) is 42.0 Å². The maximum absolute atomic E-state index is 13.5. The van der Waals surface area contributed by atoms with Crippen LogP contribution in [0.3, 0.4) is 0 Å². The minimum Gasteiger partial charge on any atom is -0.320 e. The molecule has 2 amide bonds. The molecule has 0 spiro atoms. The Morgan fingerprint density at radius 1 is 1.07 bits per heavy atom. The highest BCUT2D eigenvalue weighted by atomic mass is 79.9. The van der Waals surface area contributed by atoms with Gasteiger partial charge in [-0.3, -0.25) is 0 Å². The molecule has 2 aromatic rings. The number of carbonyl (C=O) groups is 1. The molecule has 0 N–H and O–H groups in total. The average molecular weight is 484 g/mol. The molecule has 0 aromatic heterocycles. The molecule has 152 valence electrons. The predicted molar refractivity (Wildman–Crippen MR) is 106 cm³/mol. The van der Waals surface area contributed by atoms with E-state index in [1.807, 2.05) is 0 Å². The molecule has 0 bridgehead atoms. The third-order valence-corrected chi connectivity index (χ3v) is 7.63. The van der Waals surface area contributed by atoms with Crippen molar-refractivity contribution >= 4 is 38.0 Å². The molecular weight excluding hydrogens is 468 g/mol. The van der Waals surface area contributed by atoms with Crippen molar-refractivity contribution in [2.75, 3.05) is 13.1 Å². The molecule has 0 unspecified atom stereocenters. The van der Waals surface area contributed by atoms with E-state index in [1.54, 1.807) is 12.1 Å². The molecule has 4 rings (SSSR count). The Hall–Kier alpha value is -2.33. The van der Waals surface area contributed by atoms with Gasteiger partial charge in [-0.15, -0.1) is 0 Å². The molecule has 1 saturated heterocycles. The fourth-order valence-electron chi connectivity index (χ4n) is 3.40. The normalized spacial score (nSPS) is 19.5. The Labute approximate surface area is 174 Å². The summed E-state index contributed by atoms with van der Waals surface area (Å²) in [4.78, 5) is 14.4. The summed E-state index contributed by atoms with van der Waals surface area (Å²) < 4.78 is 53.3. The molecule has 0 radical (unpaired) electrons. The molecule has 2 aromatic carbocycles. The van der Waals surface area contributed by atoms with Gasteiger partial charge in [0.25, 0.3) is 0 Å². The zero-order chi connectivity index (χ0) is 20.8. The number of urea groups is 1. The molecule has 10 heteroatoms. The maximum atomic E-state index is 13.5. The van der Waals surface area contributed by atoms with Crippen LogP contribution < -0.4 is 0 Å². The summed E-state index contributed by atoms with van der Waals surface area (Å²) in [5.41, 5.74) is 0.299. The summed E-state index contributed by atoms with van der Waals surface area (Å²) in [7, 11) is -3.56. The van der Waals surface area contributed by atoms with Crippen LogP contribution in [0.15, 0.2) is 56.9 Å². The first kappa shape index (κ1) is 20.0. The minimum atomic E-state index is -3.56. The lowest BCUT2D eigenvalue weighted by Crippen LogP contribution is -2.59. The van der Waals surface area contributed by atoms with E-state index < -0.39 is 38.8 Å². The van der Waals surface area contributed by atoms with E-state index in [0.717, 1.165) is 15.5 Å². The zero-order valence-electron chi connectivity index (χ0n) is 15.0. The van der Waals surface area contributed by atoms with Gasteiger partial charge in [0.15, 0.2) is 9.84 Å². The smallest absolute Gasteiger partial charge is 0.320 e. The molecule has 1 fully saturated rings. The number of sulfone groups is 1. The van der Waals surface area contributed by atoms with Crippen molar-refractivity contribution in [2.24, 2.45) is 5.10 Å². The first-order chi connectivity index (χ1) is 13.8. The largest absolute Gasteiger partial charge is 0.341 e. The van der Waals surface area contributed by atoms with Crippen LogP contribution in [0.4, 0.5) is 13.6 Å². The van der Waals surface area contributed by atoms with Gasteiger partial charge < -0.3 is 4.90 Å². The topological polar surface area (TPSA) is 70.1 Å². The monoisotopic (exact) mass is 483 g/mol. The number of benzene rings is 2. The summed E-state index contributed by atoms with van der Waals surface area (Å²) in [5, 5.41) is 4.47. The second-order valence-electron chi connectivity index (χ2n) is 6.91. The average Bonchev–Trinajstić information content (AvgIpc) is 3.09. The number of hydrazone groups is 1. The molecule has 1 atom stereocenters. The van der Waals surface area contributed by atoms with Crippen molar-refractivity contribution in [3.63, 3.8) is 0 Å². The van der Waals surface area contributed by atoms with E-state index in [9.17, 15) is 22.0 Å². The highest BCUT2D eigenvalue weighted by Gasteiger charge is 2.43. The van der Waals surface area contributed by atoms with Crippen LogP contribution in [0.25, 0.3) is 0 Å². The van der Waals surface area contributed by atoms with Crippen molar-refractivity contribution in [3.05, 3.63) is 64.1 Å². The van der Waals surface area contributed by atoms with Gasteiger partial charge in [-0.25, -0.2) is 27.0 Å². The van der Waals surface area contributed by atoms with Crippen LogP contribution >= 0.6 is 15.9 Å². The van der Waals surface area contributed by atoms with Crippen LogP contribution in [-0.4, -0.2) is 48.9 Å². The van der Waals surface area contributed by atoms with Gasteiger partial charge >= 0.3 is 6.03 Å². The van der Waals surface area contributed by atoms with Crippen LogP contribution in [0.2, 0.25) is 0 Å². The zero-order valence-corrected chi connectivity index (χ0v) is 17.4. The van der Waals surface area contributed by atoms with Crippen LogP contribution in [0, 0.1) is 11.6 Å². The van der Waals surface area contributed by atoms with E-state index in [-0.39, 0.29) is 18.0 Å². The number of likely N-dealkylation sites (tertiary alicyclic amines) is 1. The lowest BCUT2D eigenvalue weighted by Gasteiger charge is -2.40. The second-order valence-corrected chi connectivity index (χ2v) is 10.0. The highest BCUT2D eigenvalue weighted by Crippen LogP contribution is 2.32. The number of nitrogens with zero attached hydrogens (tertiary/aromatic N) is 3. The Morgan fingerprint density at radius 2 is 1.69 bits per heavy atom. The van der Waals surface area contributed by atoms with Gasteiger partial charge in [0.05, 0.1) is 10.9 Å². The Balaban J connectivity index is 1.46. The number of rotatable bonds is 3. The summed E-state index contributed by atoms with van der Waals surface area (Å²) >= 11 is 3.27. The molecule has 2 aliphatic heterocycles. The van der Waals surface area contributed by atoms with Crippen molar-refractivity contribution in [1.82, 2.24) is 9.91 Å². The SMILES string of the molecule is O=C(N1CC(S(=O)(=O)c2ccc(Br)cc2)C1)N1N=CC[C@H]1c1cc(F)cc(F)c1. The second kappa shape index (κ2) is 7.49. The molecule has 0 aliphatic carbocycles. The molecule has 29 heavy (non-hydrogen) atoms. The summed E-state index contributed by atoms with van der Waals surface area (Å²) in [6.07, 6.45) is 1.82. The fourth-order valence-corrected chi connectivity index (χ4v) is 5.31. The van der Waals surface area contributed by atoms with E-state index in [1.165, 1.54) is 35.4 Å². The Morgan fingerprint density at radius 3 is 2.31 bits per heavy atom. The van der Waals surface area contributed by atoms with E-state index in [2.05, 4.69) is 21.0 Å². The van der Waals surface area contributed by atoms with E-state index in [0.29, 0.717) is 12.0 Å². The lowest BCUT2D eigenvalue weighted by atomic mass is 10.0. The Kier molecular flexibility index (Phi) is 5.16. The van der Waals surface area contributed by atoms with Gasteiger partial charge in [-0.2, -0.15) is 5.10 Å². The van der Waals surface area contributed by atoms with Crippen molar-refractivity contribution in [2.45, 2.75) is 22.6 Å². The van der Waals surface area contributed by atoms with Gasteiger partial charge in [0.2, 0.25) is 0 Å². The van der Waals surface area contributed by atoms with Gasteiger partial charge in [0, 0.05) is 36.3 Å². The fraction of sp³-hybridized carbons (Fsp3) is 0.263. The van der Waals surface area contributed by atoms with Crippen LogP contribution in [-0.2, 0) is 9.84 Å². The van der Waals surface area contributed by atoms with E-state index in [4.69, 9.17) is 0 Å². The lowest BCUT2D eigenvalue weighted by molar-refractivity contribution is 0.119. The van der Waals surface area contributed by atoms with E-state index >= 15 is 0 Å². The number of amides is 2. The molecule has 0 saturated carbocycles. The number of hydrogen-bond donors (Lipinski definition) is 0. The molecular formula is C19H16BrF2N3O3S. The van der Waals surface area contributed by atoms with Crippen molar-refractivity contribution in [1.29, 1.82) is 0 Å². The first-order valence-corrected chi connectivity index (χ1v) is 11.2. The molecule has 2 heterocycles. The van der Waals surface area contributed by atoms with Crippen LogP contribution in [0.1, 0.15) is 18.0 Å². The third-order valence-electron chi connectivity index (χ3n) is 5.00. The standard InChI is InChI=1S/C19H16BrF2N3O3S/c20-13-1-3-16(4-2-13)29(27,28)17-10-24(11-17)19(26)25-18(5-6-23-25)12-7-14(21)9-15(22)8-12/h1-4,6-9,17-18H,5,10-11H2/t18-/m0/s1. The predicted octanol–water partition coefficient (Wildman–Crippen LogP) is 3.74. The summed E-state index contributed by atoms with van der Waals surface area (Å²) in [6.45, 7) is 0.0704. The molecule has 2 aliphatic rings. The Bertz CT molecular complexity index is 1070. The van der Waals surface area contributed by atoms with Gasteiger partial charge in [0.1, 0.15) is 16.9 Å². The quantitative estimate of drug-likeness (QED) is 0.667. The van der Waals surface area contributed by atoms with Crippen molar-refractivity contribution < 1.29 is 22.0 Å².